The van der Waals surface area contributed by atoms with Gasteiger partial charge in [-0.25, -0.2) is 4.98 Å². The molecule has 0 spiro atoms. The second kappa shape index (κ2) is 7.84. The summed E-state index contributed by atoms with van der Waals surface area (Å²) in [7, 11) is 0. The van der Waals surface area contributed by atoms with Gasteiger partial charge in [0.2, 0.25) is 0 Å². The molecule has 108 valence electrons. The average molecular weight is 331 g/mol. The maximum absolute atomic E-state index is 6.06. The van der Waals surface area contributed by atoms with Crippen LogP contribution in [-0.4, -0.2) is 11.5 Å². The molecule has 20 heavy (non-hydrogen) atoms. The molecule has 0 fully saturated rings. The molecular formula is C14H16Cl2N2OS. The molecule has 0 radical (unpaired) electrons. The van der Waals surface area contributed by atoms with Gasteiger partial charge in [0.05, 0.1) is 10.7 Å². The third kappa shape index (κ3) is 4.35. The number of hydrogen-bond donors (Lipinski definition) is 1. The van der Waals surface area contributed by atoms with Crippen LogP contribution in [0.2, 0.25) is 10.0 Å². The largest absolute Gasteiger partial charge is 0.486 e. The number of nitrogens with zero attached hydrogens (tertiary/aromatic N) is 1. The summed E-state index contributed by atoms with van der Waals surface area (Å²) in [6.45, 7) is 4.34. The van der Waals surface area contributed by atoms with Gasteiger partial charge in [0.15, 0.2) is 0 Å². The van der Waals surface area contributed by atoms with Gasteiger partial charge in [-0.3, -0.25) is 0 Å². The Balaban J connectivity index is 1.89. The summed E-state index contributed by atoms with van der Waals surface area (Å²) in [5, 5.41) is 7.32. The van der Waals surface area contributed by atoms with Gasteiger partial charge in [0, 0.05) is 11.9 Å². The minimum absolute atomic E-state index is 0.393. The predicted molar refractivity (Wildman–Crippen MR) is 84.9 cm³/mol. The molecule has 1 N–H and O–H groups in total. The Kier molecular flexibility index (Phi) is 6.10. The van der Waals surface area contributed by atoms with E-state index < -0.39 is 0 Å². The smallest absolute Gasteiger partial charge is 0.140 e. The van der Waals surface area contributed by atoms with Crippen LogP contribution >= 0.6 is 34.5 Å². The van der Waals surface area contributed by atoms with Gasteiger partial charge in [0.25, 0.3) is 0 Å². The first-order valence-corrected chi connectivity index (χ1v) is 8.05. The first-order chi connectivity index (χ1) is 9.70. The normalized spacial score (nSPS) is 10.8. The fourth-order valence-electron chi connectivity index (χ4n) is 1.62. The molecule has 0 atom stereocenters. The molecule has 0 amide bonds. The van der Waals surface area contributed by atoms with Crippen molar-refractivity contribution in [3.8, 4) is 5.75 Å². The second-order valence-electron chi connectivity index (χ2n) is 4.25. The second-order valence-corrected chi connectivity index (χ2v) is 5.98. The molecule has 2 rings (SSSR count). The Morgan fingerprint density at radius 3 is 3.00 bits per heavy atom. The van der Waals surface area contributed by atoms with E-state index in [1.165, 1.54) is 0 Å². The molecule has 2 aromatic rings. The van der Waals surface area contributed by atoms with Crippen LogP contribution in [0, 0.1) is 0 Å². The van der Waals surface area contributed by atoms with Crippen LogP contribution in [0.1, 0.15) is 24.0 Å². The van der Waals surface area contributed by atoms with E-state index in [2.05, 4.69) is 17.2 Å². The molecular weight excluding hydrogens is 315 g/mol. The zero-order chi connectivity index (χ0) is 14.4. The van der Waals surface area contributed by atoms with E-state index in [1.807, 2.05) is 11.4 Å². The monoisotopic (exact) mass is 330 g/mol. The van der Waals surface area contributed by atoms with E-state index in [0.29, 0.717) is 22.4 Å². The van der Waals surface area contributed by atoms with Gasteiger partial charge < -0.3 is 10.1 Å². The van der Waals surface area contributed by atoms with Crippen molar-refractivity contribution in [3.63, 3.8) is 0 Å². The van der Waals surface area contributed by atoms with Crippen LogP contribution in [-0.2, 0) is 13.2 Å². The summed E-state index contributed by atoms with van der Waals surface area (Å²) in [4.78, 5) is 4.50. The molecule has 1 heterocycles. The Hall–Kier alpha value is -0.810. The van der Waals surface area contributed by atoms with Crippen LogP contribution in [0.4, 0.5) is 0 Å². The molecule has 1 aromatic heterocycles. The van der Waals surface area contributed by atoms with Crippen molar-refractivity contribution in [1.29, 1.82) is 0 Å². The lowest BCUT2D eigenvalue weighted by Gasteiger charge is -2.07. The minimum atomic E-state index is 0.393. The summed E-state index contributed by atoms with van der Waals surface area (Å²) in [6.07, 6.45) is 1.12. The van der Waals surface area contributed by atoms with E-state index in [9.17, 15) is 0 Å². The first kappa shape index (κ1) is 15.6. The highest BCUT2D eigenvalue weighted by Crippen LogP contribution is 2.31. The van der Waals surface area contributed by atoms with Crippen molar-refractivity contribution in [3.05, 3.63) is 44.3 Å². The van der Waals surface area contributed by atoms with E-state index in [1.54, 1.807) is 23.5 Å². The quantitative estimate of drug-likeness (QED) is 0.757. The fourth-order valence-corrected chi connectivity index (χ4v) is 2.71. The Labute approximate surface area is 132 Å². The van der Waals surface area contributed by atoms with Crippen molar-refractivity contribution < 1.29 is 4.74 Å². The number of nitrogens with one attached hydrogen (secondary N) is 1. The van der Waals surface area contributed by atoms with Crippen molar-refractivity contribution in [2.24, 2.45) is 0 Å². The average Bonchev–Trinajstić information content (AvgIpc) is 2.89. The molecule has 1 aromatic carbocycles. The van der Waals surface area contributed by atoms with Gasteiger partial charge in [-0.05, 0) is 25.1 Å². The molecule has 0 saturated heterocycles. The van der Waals surface area contributed by atoms with Gasteiger partial charge in [-0.1, -0.05) is 36.2 Å². The third-order valence-electron chi connectivity index (χ3n) is 2.59. The number of rotatable bonds is 7. The van der Waals surface area contributed by atoms with Crippen LogP contribution in [0.15, 0.2) is 23.6 Å². The van der Waals surface area contributed by atoms with Crippen molar-refractivity contribution in [1.82, 2.24) is 10.3 Å². The standard InChI is InChI=1S/C14H16Cl2N2OS/c1-2-6-17-7-13-18-10(9-20-13)8-19-12-5-3-4-11(15)14(12)16/h3-5,9,17H,2,6-8H2,1H3. The Morgan fingerprint density at radius 1 is 1.35 bits per heavy atom. The third-order valence-corrected chi connectivity index (χ3v) is 4.29. The number of benzene rings is 1. The lowest BCUT2D eigenvalue weighted by Crippen LogP contribution is -2.13. The maximum Gasteiger partial charge on any atom is 0.140 e. The highest BCUT2D eigenvalue weighted by molar-refractivity contribution is 7.09. The summed E-state index contributed by atoms with van der Waals surface area (Å²) in [6, 6.07) is 5.34. The topological polar surface area (TPSA) is 34.2 Å². The molecule has 0 saturated carbocycles. The summed E-state index contributed by atoms with van der Waals surface area (Å²) in [5.74, 6) is 0.581. The molecule has 3 nitrogen and oxygen atoms in total. The van der Waals surface area contributed by atoms with Crippen LogP contribution in [0.5, 0.6) is 5.75 Å². The number of thiazole rings is 1. The van der Waals surface area contributed by atoms with Crippen molar-refractivity contribution in [2.75, 3.05) is 6.54 Å². The van der Waals surface area contributed by atoms with Crippen molar-refractivity contribution >= 4 is 34.5 Å². The van der Waals surface area contributed by atoms with Crippen LogP contribution in [0.3, 0.4) is 0 Å². The summed E-state index contributed by atoms with van der Waals surface area (Å²) in [5.41, 5.74) is 0.902. The predicted octanol–water partition coefficient (Wildman–Crippen LogP) is 4.53. The number of halogens is 2. The van der Waals surface area contributed by atoms with Gasteiger partial charge in [-0.2, -0.15) is 0 Å². The van der Waals surface area contributed by atoms with E-state index in [0.717, 1.165) is 30.2 Å². The van der Waals surface area contributed by atoms with Crippen LogP contribution < -0.4 is 10.1 Å². The molecule has 0 aliphatic heterocycles. The number of ether oxygens (including phenoxy) is 1. The zero-order valence-corrected chi connectivity index (χ0v) is 13.5. The lowest BCUT2D eigenvalue weighted by molar-refractivity contribution is 0.302. The SMILES string of the molecule is CCCNCc1nc(COc2cccc(Cl)c2Cl)cs1. The Morgan fingerprint density at radius 2 is 2.20 bits per heavy atom. The Bertz CT molecular complexity index is 560. The van der Waals surface area contributed by atoms with E-state index in [-0.39, 0.29) is 0 Å². The molecule has 0 bridgehead atoms. The summed E-state index contributed by atoms with van der Waals surface area (Å²) >= 11 is 13.6. The molecule has 0 aliphatic rings. The van der Waals surface area contributed by atoms with Gasteiger partial charge >= 0.3 is 0 Å². The van der Waals surface area contributed by atoms with Gasteiger partial charge in [0.1, 0.15) is 22.4 Å². The number of aromatic nitrogens is 1. The number of hydrogen-bond acceptors (Lipinski definition) is 4. The fraction of sp³-hybridized carbons (Fsp3) is 0.357. The summed E-state index contributed by atoms with van der Waals surface area (Å²) < 4.78 is 5.65. The van der Waals surface area contributed by atoms with Gasteiger partial charge in [-0.15, -0.1) is 11.3 Å². The first-order valence-electron chi connectivity index (χ1n) is 6.41. The highest BCUT2D eigenvalue weighted by atomic mass is 35.5. The van der Waals surface area contributed by atoms with E-state index in [4.69, 9.17) is 27.9 Å². The lowest BCUT2D eigenvalue weighted by atomic mass is 10.3. The maximum atomic E-state index is 6.06. The van der Waals surface area contributed by atoms with Crippen molar-refractivity contribution in [2.45, 2.75) is 26.5 Å². The molecule has 0 aliphatic carbocycles. The van der Waals surface area contributed by atoms with Crippen LogP contribution in [0.25, 0.3) is 0 Å². The van der Waals surface area contributed by atoms with E-state index >= 15 is 0 Å². The zero-order valence-electron chi connectivity index (χ0n) is 11.2. The highest BCUT2D eigenvalue weighted by Gasteiger charge is 2.07. The molecule has 6 heteroatoms. The molecule has 0 unspecified atom stereocenters. The minimum Gasteiger partial charge on any atom is -0.486 e.